The third kappa shape index (κ3) is 17.2. The fraction of sp³-hybridized carbons (Fsp3) is 0.647. The first kappa shape index (κ1) is 22.0. The molecule has 0 radical (unpaired) electrons. The molecule has 0 aliphatic carbocycles. The smallest absolute Gasteiger partial charge is 0.418 e. The fourth-order valence-corrected chi connectivity index (χ4v) is 2.48. The molecule has 0 atom stereocenters. The lowest BCUT2D eigenvalue weighted by Gasteiger charge is -2.30. The third-order valence-corrected chi connectivity index (χ3v) is 3.57. The number of unbranched alkanes of at least 4 members (excludes halogenated alkanes) is 5. The first-order chi connectivity index (χ1) is 10.6. The minimum Gasteiger partial charge on any atom is -0.418 e. The lowest BCUT2D eigenvalue weighted by atomic mass is 10.1. The zero-order chi connectivity index (χ0) is 17.8. The Morgan fingerprint density at radius 1 is 0.870 bits per heavy atom. The largest absolute Gasteiger partial charge is 1.00 e. The number of quaternary nitrogens is 1. The molecular formula is C17H31BF4N+. The standard InChI is InChI=1S/C17H30N.BF4/c1-4-5-6-7-8-12-15-18(2,3)16-17-13-10-9-11-14-17;2-1(3,4)5/h9-11,13-14H,4-8,12,15-16H2,1-3H3;/q+1;-1/p+1. The van der Waals surface area contributed by atoms with E-state index in [2.05, 4.69) is 51.4 Å². The molecule has 134 valence electrons. The molecule has 0 aliphatic rings. The Labute approximate surface area is 139 Å². The highest BCUT2D eigenvalue weighted by atomic mass is 19.5. The number of halogens is 4. The highest BCUT2D eigenvalue weighted by Crippen LogP contribution is 2.12. The highest BCUT2D eigenvalue weighted by Gasteiger charge is 2.20. The summed E-state index contributed by atoms with van der Waals surface area (Å²) >= 11 is 0. The molecular weight excluding hydrogens is 305 g/mol. The molecule has 1 aromatic carbocycles. The van der Waals surface area contributed by atoms with Crippen LogP contribution < -0.4 is 0 Å². The van der Waals surface area contributed by atoms with Gasteiger partial charge in [-0.2, -0.15) is 0 Å². The van der Waals surface area contributed by atoms with Gasteiger partial charge in [-0.15, -0.1) is 0 Å². The SMILES string of the molecule is CCCCCCCC[N+](C)(C)Cc1ccccc1.F[B-](F)(F)F.[H+]. The molecule has 1 nitrogen and oxygen atoms in total. The predicted octanol–water partition coefficient (Wildman–Crippen LogP) is 6.04. The van der Waals surface area contributed by atoms with E-state index in [0.717, 1.165) is 11.0 Å². The summed E-state index contributed by atoms with van der Waals surface area (Å²) in [6.45, 7) is 4.72. The van der Waals surface area contributed by atoms with E-state index in [0.29, 0.717) is 0 Å². The first-order valence-corrected chi connectivity index (χ1v) is 8.37. The van der Waals surface area contributed by atoms with Crippen molar-refractivity contribution in [2.24, 2.45) is 0 Å². The van der Waals surface area contributed by atoms with Gasteiger partial charge in [0.05, 0.1) is 20.6 Å². The normalized spacial score (nSPS) is 11.8. The van der Waals surface area contributed by atoms with Crippen LogP contribution in [0.15, 0.2) is 30.3 Å². The first-order valence-electron chi connectivity index (χ1n) is 8.37. The van der Waals surface area contributed by atoms with E-state index in [1.807, 2.05) is 0 Å². The minimum absolute atomic E-state index is 0. The molecule has 23 heavy (non-hydrogen) atoms. The Morgan fingerprint density at radius 3 is 1.87 bits per heavy atom. The summed E-state index contributed by atoms with van der Waals surface area (Å²) in [6.07, 6.45) is 8.35. The van der Waals surface area contributed by atoms with Crippen LogP contribution in [0.25, 0.3) is 0 Å². The predicted molar refractivity (Wildman–Crippen MR) is 91.8 cm³/mol. The number of hydrogen-bond acceptors (Lipinski definition) is 0. The average molecular weight is 336 g/mol. The van der Waals surface area contributed by atoms with Crippen molar-refractivity contribution in [2.45, 2.75) is 52.0 Å². The van der Waals surface area contributed by atoms with Gasteiger partial charge in [0.1, 0.15) is 6.54 Å². The van der Waals surface area contributed by atoms with Gasteiger partial charge in [0, 0.05) is 5.56 Å². The van der Waals surface area contributed by atoms with Crippen molar-refractivity contribution in [2.75, 3.05) is 20.6 Å². The average Bonchev–Trinajstić information content (AvgIpc) is 2.41. The maximum atomic E-state index is 9.75. The van der Waals surface area contributed by atoms with Gasteiger partial charge in [0.15, 0.2) is 0 Å². The molecule has 0 heterocycles. The van der Waals surface area contributed by atoms with Gasteiger partial charge >= 0.3 is 8.68 Å². The van der Waals surface area contributed by atoms with E-state index < -0.39 is 7.25 Å². The van der Waals surface area contributed by atoms with E-state index in [9.17, 15) is 17.3 Å². The number of nitrogens with zero attached hydrogens (tertiary/aromatic N) is 1. The maximum Gasteiger partial charge on any atom is 1.00 e. The lowest BCUT2D eigenvalue weighted by Crippen LogP contribution is -2.39. The van der Waals surface area contributed by atoms with Gasteiger partial charge in [-0.1, -0.05) is 62.9 Å². The van der Waals surface area contributed by atoms with Crippen LogP contribution in [0.5, 0.6) is 0 Å². The highest BCUT2D eigenvalue weighted by molar-refractivity contribution is 6.50. The maximum absolute atomic E-state index is 9.75. The molecule has 1 rings (SSSR count). The van der Waals surface area contributed by atoms with Crippen LogP contribution in [0.2, 0.25) is 0 Å². The van der Waals surface area contributed by atoms with Gasteiger partial charge in [-0.3, -0.25) is 0 Å². The van der Waals surface area contributed by atoms with Gasteiger partial charge in [0.25, 0.3) is 0 Å². The molecule has 0 N–H and O–H groups in total. The van der Waals surface area contributed by atoms with Crippen molar-refractivity contribution in [3.05, 3.63) is 35.9 Å². The second-order valence-corrected chi connectivity index (χ2v) is 6.57. The van der Waals surface area contributed by atoms with Crippen LogP contribution in [0.3, 0.4) is 0 Å². The minimum atomic E-state index is -6.00. The van der Waals surface area contributed by atoms with Crippen molar-refractivity contribution in [3.8, 4) is 0 Å². The van der Waals surface area contributed by atoms with E-state index in [4.69, 9.17) is 0 Å². The van der Waals surface area contributed by atoms with Crippen molar-refractivity contribution >= 4 is 7.25 Å². The second kappa shape index (κ2) is 11.5. The van der Waals surface area contributed by atoms with E-state index in [1.54, 1.807) is 0 Å². The number of hydrogen-bond donors (Lipinski definition) is 0. The monoisotopic (exact) mass is 336 g/mol. The molecule has 0 saturated carbocycles. The van der Waals surface area contributed by atoms with Gasteiger partial charge < -0.3 is 21.7 Å². The molecule has 6 heteroatoms. The molecule has 0 spiro atoms. The van der Waals surface area contributed by atoms with Gasteiger partial charge in [0.2, 0.25) is 0 Å². The van der Waals surface area contributed by atoms with Crippen LogP contribution in [0.4, 0.5) is 17.3 Å². The fourth-order valence-electron chi connectivity index (χ4n) is 2.48. The molecule has 0 saturated heterocycles. The zero-order valence-corrected chi connectivity index (χ0v) is 14.6. The summed E-state index contributed by atoms with van der Waals surface area (Å²) in [5.74, 6) is 0. The van der Waals surface area contributed by atoms with Gasteiger partial charge in [-0.05, 0) is 12.8 Å². The summed E-state index contributed by atoms with van der Waals surface area (Å²) in [4.78, 5) is 0. The molecule has 0 aliphatic heterocycles. The number of benzene rings is 1. The Balaban J connectivity index is 0. The Bertz CT molecular complexity index is 393. The summed E-state index contributed by atoms with van der Waals surface area (Å²) in [5, 5.41) is 0. The van der Waals surface area contributed by atoms with Crippen LogP contribution in [-0.2, 0) is 6.54 Å². The molecule has 0 unspecified atom stereocenters. The van der Waals surface area contributed by atoms with Crippen molar-refractivity contribution < 1.29 is 23.2 Å². The van der Waals surface area contributed by atoms with Crippen molar-refractivity contribution in [3.63, 3.8) is 0 Å². The topological polar surface area (TPSA) is 0 Å². The molecule has 1 aromatic rings. The third-order valence-electron chi connectivity index (χ3n) is 3.57. The second-order valence-electron chi connectivity index (χ2n) is 6.57. The molecule has 0 aromatic heterocycles. The quantitative estimate of drug-likeness (QED) is 0.223. The Hall–Kier alpha value is -1.04. The lowest BCUT2D eigenvalue weighted by molar-refractivity contribution is -0.903. The van der Waals surface area contributed by atoms with Crippen LogP contribution >= 0.6 is 0 Å². The van der Waals surface area contributed by atoms with Crippen molar-refractivity contribution in [1.82, 2.24) is 0 Å². The number of rotatable bonds is 9. The van der Waals surface area contributed by atoms with Crippen LogP contribution in [0, 0.1) is 0 Å². The molecule has 0 fully saturated rings. The zero-order valence-electron chi connectivity index (χ0n) is 15.6. The van der Waals surface area contributed by atoms with Gasteiger partial charge in [-0.25, -0.2) is 0 Å². The molecule has 0 bridgehead atoms. The molecule has 0 amide bonds. The van der Waals surface area contributed by atoms with E-state index in [1.165, 1.54) is 50.6 Å². The Morgan fingerprint density at radius 2 is 1.35 bits per heavy atom. The van der Waals surface area contributed by atoms with Crippen LogP contribution in [-0.4, -0.2) is 32.4 Å². The van der Waals surface area contributed by atoms with E-state index >= 15 is 0 Å². The summed E-state index contributed by atoms with van der Waals surface area (Å²) in [5.41, 5.74) is 1.45. The van der Waals surface area contributed by atoms with Crippen LogP contribution in [0.1, 0.15) is 52.4 Å². The summed E-state index contributed by atoms with van der Waals surface area (Å²) in [6, 6.07) is 10.8. The summed E-state index contributed by atoms with van der Waals surface area (Å²) in [7, 11) is -1.31. The Kier molecular flexibility index (Phi) is 11.0. The van der Waals surface area contributed by atoms with E-state index in [-0.39, 0.29) is 1.43 Å². The summed E-state index contributed by atoms with van der Waals surface area (Å²) < 4.78 is 40.1. The van der Waals surface area contributed by atoms with Crippen molar-refractivity contribution in [1.29, 1.82) is 0 Å².